The molecule has 0 heteroatoms. The monoisotopic (exact) mass is 247 g/mol. The highest BCUT2D eigenvalue weighted by molar-refractivity contribution is 5.83. The predicted octanol–water partition coefficient (Wildman–Crippen LogP) is 4.91. The first-order chi connectivity index (χ1) is 9.08. The number of fused-ring (bicyclic) bond motifs is 1. The van der Waals surface area contributed by atoms with Gasteiger partial charge in [-0.15, -0.1) is 0 Å². The van der Waals surface area contributed by atoms with Crippen LogP contribution in [0.4, 0.5) is 0 Å². The zero-order chi connectivity index (χ0) is 13.5. The Morgan fingerprint density at radius 2 is 1.79 bits per heavy atom. The third kappa shape index (κ3) is 2.12. The van der Waals surface area contributed by atoms with Crippen molar-refractivity contribution in [3.05, 3.63) is 76.9 Å². The molecule has 0 heterocycles. The van der Waals surface area contributed by atoms with Crippen molar-refractivity contribution in [2.24, 2.45) is 0 Å². The Balaban J connectivity index is 2.14. The number of hydrogen-bond acceptors (Lipinski definition) is 0. The zero-order valence-electron chi connectivity index (χ0n) is 11.8. The van der Waals surface area contributed by atoms with Crippen molar-refractivity contribution in [3.8, 4) is 0 Å². The Kier molecular flexibility index (Phi) is 2.82. The fraction of sp³-hybridized carbons (Fsp3) is 0.263. The van der Waals surface area contributed by atoms with Gasteiger partial charge in [-0.25, -0.2) is 0 Å². The standard InChI is InChI=1S/C19H19/c1-14-8-10-15(11-9-14)16-12-13-19(2,3)18-7-5-4-6-17(16)18/h5-12H,13H2,1-3H3. The fourth-order valence-corrected chi connectivity index (χ4v) is 2.83. The lowest BCUT2D eigenvalue weighted by molar-refractivity contribution is 0.527. The van der Waals surface area contributed by atoms with Gasteiger partial charge in [0.1, 0.15) is 0 Å². The van der Waals surface area contributed by atoms with Crippen molar-refractivity contribution in [2.45, 2.75) is 32.6 Å². The van der Waals surface area contributed by atoms with E-state index in [1.54, 1.807) is 0 Å². The van der Waals surface area contributed by atoms with Gasteiger partial charge in [-0.05, 0) is 53.2 Å². The van der Waals surface area contributed by atoms with Crippen LogP contribution >= 0.6 is 0 Å². The normalized spacial score (nSPS) is 16.7. The van der Waals surface area contributed by atoms with Gasteiger partial charge in [0.05, 0.1) is 0 Å². The number of hydrogen-bond donors (Lipinski definition) is 0. The molecule has 95 valence electrons. The van der Waals surface area contributed by atoms with Gasteiger partial charge in [-0.3, -0.25) is 0 Å². The molecule has 0 aliphatic heterocycles. The van der Waals surface area contributed by atoms with Crippen molar-refractivity contribution < 1.29 is 0 Å². The van der Waals surface area contributed by atoms with E-state index < -0.39 is 0 Å². The van der Waals surface area contributed by atoms with E-state index in [-0.39, 0.29) is 5.41 Å². The van der Waals surface area contributed by atoms with E-state index in [0.29, 0.717) is 0 Å². The summed E-state index contributed by atoms with van der Waals surface area (Å²) in [5.74, 6) is 0. The average molecular weight is 247 g/mol. The number of benzene rings is 2. The largest absolute Gasteiger partial charge is 0.0752 e. The van der Waals surface area contributed by atoms with E-state index >= 15 is 0 Å². The minimum absolute atomic E-state index is 0.221. The van der Waals surface area contributed by atoms with E-state index in [2.05, 4.69) is 69.3 Å². The second-order valence-electron chi connectivity index (χ2n) is 6.04. The van der Waals surface area contributed by atoms with Gasteiger partial charge in [0, 0.05) is 0 Å². The average Bonchev–Trinajstić information content (AvgIpc) is 2.41. The molecule has 0 aromatic heterocycles. The van der Waals surface area contributed by atoms with Gasteiger partial charge >= 0.3 is 0 Å². The zero-order valence-corrected chi connectivity index (χ0v) is 11.8. The molecular formula is C19H19. The van der Waals surface area contributed by atoms with Crippen molar-refractivity contribution in [1.29, 1.82) is 0 Å². The predicted molar refractivity (Wildman–Crippen MR) is 81.2 cm³/mol. The molecular weight excluding hydrogens is 228 g/mol. The Morgan fingerprint density at radius 1 is 1.05 bits per heavy atom. The SMILES string of the molecule is Cc1ccc(C2=CCC(C)(C)c3cc[c]cc32)cc1. The van der Waals surface area contributed by atoms with Crippen LogP contribution in [0.15, 0.2) is 48.5 Å². The van der Waals surface area contributed by atoms with Gasteiger partial charge in [-0.1, -0.05) is 61.9 Å². The topological polar surface area (TPSA) is 0 Å². The summed E-state index contributed by atoms with van der Waals surface area (Å²) in [7, 11) is 0. The number of rotatable bonds is 1. The summed E-state index contributed by atoms with van der Waals surface area (Å²) < 4.78 is 0. The first-order valence-electron chi connectivity index (χ1n) is 6.86. The first kappa shape index (κ1) is 12.2. The molecule has 0 saturated heterocycles. The number of allylic oxidation sites excluding steroid dienone is 1. The van der Waals surface area contributed by atoms with Crippen molar-refractivity contribution >= 4 is 5.57 Å². The molecule has 0 spiro atoms. The van der Waals surface area contributed by atoms with Crippen LogP contribution in [0.1, 0.15) is 42.5 Å². The molecule has 2 aromatic carbocycles. The van der Waals surface area contributed by atoms with E-state index in [1.165, 1.54) is 27.8 Å². The van der Waals surface area contributed by atoms with Crippen LogP contribution in [-0.2, 0) is 5.41 Å². The minimum atomic E-state index is 0.221. The molecule has 0 atom stereocenters. The molecule has 2 aromatic rings. The summed E-state index contributed by atoms with van der Waals surface area (Å²) in [6.45, 7) is 6.76. The lowest BCUT2D eigenvalue weighted by Gasteiger charge is -2.32. The highest BCUT2D eigenvalue weighted by Crippen LogP contribution is 2.40. The summed E-state index contributed by atoms with van der Waals surface area (Å²) in [5, 5.41) is 0. The van der Waals surface area contributed by atoms with Gasteiger partial charge in [0.25, 0.3) is 0 Å². The third-order valence-electron chi connectivity index (χ3n) is 4.06. The van der Waals surface area contributed by atoms with Gasteiger partial charge < -0.3 is 0 Å². The molecule has 0 nitrogen and oxygen atoms in total. The molecule has 0 amide bonds. The van der Waals surface area contributed by atoms with Crippen LogP contribution in [0.3, 0.4) is 0 Å². The van der Waals surface area contributed by atoms with Crippen molar-refractivity contribution in [2.75, 3.05) is 0 Å². The van der Waals surface area contributed by atoms with E-state index in [0.717, 1.165) is 6.42 Å². The molecule has 0 saturated carbocycles. The molecule has 0 fully saturated rings. The van der Waals surface area contributed by atoms with Crippen LogP contribution in [0.2, 0.25) is 0 Å². The molecule has 3 rings (SSSR count). The quantitative estimate of drug-likeness (QED) is 0.671. The highest BCUT2D eigenvalue weighted by atomic mass is 14.3. The maximum Gasteiger partial charge on any atom is -0.00626 e. The van der Waals surface area contributed by atoms with Crippen LogP contribution in [0.5, 0.6) is 0 Å². The Morgan fingerprint density at radius 3 is 2.53 bits per heavy atom. The number of aryl methyl sites for hydroxylation is 1. The molecule has 0 bridgehead atoms. The summed E-state index contributed by atoms with van der Waals surface area (Å²) in [6.07, 6.45) is 3.47. The van der Waals surface area contributed by atoms with Crippen molar-refractivity contribution in [1.82, 2.24) is 0 Å². The van der Waals surface area contributed by atoms with Gasteiger partial charge in [0.2, 0.25) is 0 Å². The lowest BCUT2D eigenvalue weighted by atomic mass is 9.72. The summed E-state index contributed by atoms with van der Waals surface area (Å²) in [5.41, 5.74) is 6.96. The van der Waals surface area contributed by atoms with E-state index in [1.807, 2.05) is 6.07 Å². The molecule has 0 N–H and O–H groups in total. The smallest absolute Gasteiger partial charge is 0.00626 e. The van der Waals surface area contributed by atoms with E-state index in [4.69, 9.17) is 0 Å². The Labute approximate surface area is 115 Å². The Bertz CT molecular complexity index is 627. The Hall–Kier alpha value is -1.82. The molecule has 0 unspecified atom stereocenters. The summed E-state index contributed by atoms with van der Waals surface area (Å²) in [4.78, 5) is 0. The maximum atomic E-state index is 3.23. The second kappa shape index (κ2) is 4.38. The first-order valence-corrected chi connectivity index (χ1v) is 6.86. The molecule has 19 heavy (non-hydrogen) atoms. The highest BCUT2D eigenvalue weighted by Gasteiger charge is 2.27. The van der Waals surface area contributed by atoms with E-state index in [9.17, 15) is 0 Å². The van der Waals surface area contributed by atoms with Crippen LogP contribution in [-0.4, -0.2) is 0 Å². The minimum Gasteiger partial charge on any atom is -0.0752 e. The van der Waals surface area contributed by atoms with Crippen LogP contribution in [0.25, 0.3) is 5.57 Å². The summed E-state index contributed by atoms with van der Waals surface area (Å²) >= 11 is 0. The molecule has 1 aliphatic rings. The molecule has 1 radical (unpaired) electrons. The third-order valence-corrected chi connectivity index (χ3v) is 4.06. The summed E-state index contributed by atoms with van der Waals surface area (Å²) in [6, 6.07) is 18.4. The maximum absolute atomic E-state index is 3.23. The van der Waals surface area contributed by atoms with Gasteiger partial charge in [0.15, 0.2) is 0 Å². The second-order valence-corrected chi connectivity index (χ2v) is 6.04. The van der Waals surface area contributed by atoms with Crippen LogP contribution < -0.4 is 0 Å². The van der Waals surface area contributed by atoms with Crippen LogP contribution in [0, 0.1) is 13.0 Å². The molecule has 1 aliphatic carbocycles. The lowest BCUT2D eigenvalue weighted by Crippen LogP contribution is -2.21. The van der Waals surface area contributed by atoms with Crippen molar-refractivity contribution in [3.63, 3.8) is 0 Å². The van der Waals surface area contributed by atoms with Gasteiger partial charge in [-0.2, -0.15) is 0 Å². The fourth-order valence-electron chi connectivity index (χ4n) is 2.83.